The Kier molecular flexibility index (Phi) is 9.99. The SMILES string of the molecule is CN=C(NCC(=O)NC(C)(C)C)N(C)CCOCC1CC1.I. The van der Waals surface area contributed by atoms with Crippen LogP contribution in [0.2, 0.25) is 0 Å². The quantitative estimate of drug-likeness (QED) is 0.280. The minimum absolute atomic E-state index is 0. The van der Waals surface area contributed by atoms with Crippen molar-refractivity contribution < 1.29 is 9.53 Å². The number of likely N-dealkylation sites (N-methyl/N-ethyl adjacent to an activating group) is 1. The molecule has 1 fully saturated rings. The lowest BCUT2D eigenvalue weighted by Crippen LogP contribution is -2.48. The molecule has 22 heavy (non-hydrogen) atoms. The van der Waals surface area contributed by atoms with E-state index in [0.29, 0.717) is 12.6 Å². The molecule has 0 radical (unpaired) electrons. The highest BCUT2D eigenvalue weighted by molar-refractivity contribution is 14.0. The van der Waals surface area contributed by atoms with Gasteiger partial charge in [-0.3, -0.25) is 9.79 Å². The van der Waals surface area contributed by atoms with Crippen molar-refractivity contribution in [3.63, 3.8) is 0 Å². The van der Waals surface area contributed by atoms with Gasteiger partial charge in [0.1, 0.15) is 0 Å². The normalized spacial score (nSPS) is 15.0. The Bertz CT molecular complexity index is 365. The number of ether oxygens (including phenoxy) is 1. The molecule has 0 bridgehead atoms. The number of nitrogens with one attached hydrogen (secondary N) is 2. The van der Waals surface area contributed by atoms with Crippen LogP contribution in [0, 0.1) is 5.92 Å². The van der Waals surface area contributed by atoms with Gasteiger partial charge in [-0.2, -0.15) is 0 Å². The molecule has 0 unspecified atom stereocenters. The summed E-state index contributed by atoms with van der Waals surface area (Å²) < 4.78 is 5.61. The average molecular weight is 426 g/mol. The predicted molar refractivity (Wildman–Crippen MR) is 101 cm³/mol. The summed E-state index contributed by atoms with van der Waals surface area (Å²) in [6, 6.07) is 0. The fourth-order valence-corrected chi connectivity index (χ4v) is 1.85. The summed E-state index contributed by atoms with van der Waals surface area (Å²) >= 11 is 0. The van der Waals surface area contributed by atoms with Crippen molar-refractivity contribution in [2.45, 2.75) is 39.2 Å². The molecule has 6 nitrogen and oxygen atoms in total. The van der Waals surface area contributed by atoms with E-state index in [4.69, 9.17) is 4.74 Å². The lowest BCUT2D eigenvalue weighted by molar-refractivity contribution is -0.121. The fourth-order valence-electron chi connectivity index (χ4n) is 1.85. The molecule has 0 atom stereocenters. The first-order valence-corrected chi connectivity index (χ1v) is 7.62. The van der Waals surface area contributed by atoms with E-state index in [0.717, 1.165) is 19.1 Å². The first-order valence-electron chi connectivity index (χ1n) is 7.62. The highest BCUT2D eigenvalue weighted by Gasteiger charge is 2.21. The Balaban J connectivity index is 0.00000441. The molecule has 0 spiro atoms. The monoisotopic (exact) mass is 426 g/mol. The number of guanidine groups is 1. The minimum Gasteiger partial charge on any atom is -0.379 e. The average Bonchev–Trinajstić information content (AvgIpc) is 3.17. The molecule has 0 aromatic heterocycles. The number of aliphatic imine (C=N–C) groups is 1. The highest BCUT2D eigenvalue weighted by Crippen LogP contribution is 2.28. The molecule has 2 N–H and O–H groups in total. The summed E-state index contributed by atoms with van der Waals surface area (Å²) in [5.41, 5.74) is -0.217. The van der Waals surface area contributed by atoms with Crippen molar-refractivity contribution in [1.29, 1.82) is 0 Å². The lowest BCUT2D eigenvalue weighted by Gasteiger charge is -2.24. The van der Waals surface area contributed by atoms with Gasteiger partial charge in [-0.1, -0.05) is 0 Å². The van der Waals surface area contributed by atoms with Gasteiger partial charge in [-0.15, -0.1) is 24.0 Å². The Morgan fingerprint density at radius 2 is 2.00 bits per heavy atom. The fraction of sp³-hybridized carbons (Fsp3) is 0.867. The topological polar surface area (TPSA) is 66.0 Å². The maximum absolute atomic E-state index is 11.8. The first-order chi connectivity index (χ1) is 9.81. The zero-order chi connectivity index (χ0) is 15.9. The van der Waals surface area contributed by atoms with Crippen molar-refractivity contribution >= 4 is 35.8 Å². The van der Waals surface area contributed by atoms with Gasteiger partial charge in [0.15, 0.2) is 5.96 Å². The van der Waals surface area contributed by atoms with E-state index in [1.807, 2.05) is 32.7 Å². The second-order valence-corrected chi connectivity index (χ2v) is 6.64. The molecule has 0 heterocycles. The van der Waals surface area contributed by atoms with E-state index >= 15 is 0 Å². The summed E-state index contributed by atoms with van der Waals surface area (Å²) in [7, 11) is 3.66. The van der Waals surface area contributed by atoms with Crippen LogP contribution >= 0.6 is 24.0 Å². The largest absolute Gasteiger partial charge is 0.379 e. The summed E-state index contributed by atoms with van der Waals surface area (Å²) in [5.74, 6) is 1.45. The van der Waals surface area contributed by atoms with Gasteiger partial charge < -0.3 is 20.3 Å². The van der Waals surface area contributed by atoms with Crippen LogP contribution in [0.3, 0.4) is 0 Å². The van der Waals surface area contributed by atoms with Gasteiger partial charge in [-0.25, -0.2) is 0 Å². The smallest absolute Gasteiger partial charge is 0.239 e. The van der Waals surface area contributed by atoms with Crippen LogP contribution < -0.4 is 10.6 Å². The lowest BCUT2D eigenvalue weighted by atomic mass is 10.1. The maximum atomic E-state index is 11.8. The van der Waals surface area contributed by atoms with E-state index in [-0.39, 0.29) is 42.0 Å². The number of hydrogen-bond donors (Lipinski definition) is 2. The molecule has 0 aromatic carbocycles. The van der Waals surface area contributed by atoms with E-state index < -0.39 is 0 Å². The summed E-state index contributed by atoms with van der Waals surface area (Å²) in [5, 5.41) is 5.97. The van der Waals surface area contributed by atoms with Gasteiger partial charge in [-0.05, 0) is 39.5 Å². The van der Waals surface area contributed by atoms with Crippen molar-refractivity contribution in [2.75, 3.05) is 40.4 Å². The van der Waals surface area contributed by atoms with E-state index in [1.54, 1.807) is 7.05 Å². The van der Waals surface area contributed by atoms with E-state index in [9.17, 15) is 4.79 Å². The molecular formula is C15H31IN4O2. The number of halogens is 1. The predicted octanol–water partition coefficient (Wildman–Crippen LogP) is 1.45. The van der Waals surface area contributed by atoms with Crippen molar-refractivity contribution in [2.24, 2.45) is 10.9 Å². The molecule has 1 rings (SSSR count). The van der Waals surface area contributed by atoms with Gasteiger partial charge in [0.25, 0.3) is 0 Å². The van der Waals surface area contributed by atoms with Crippen LogP contribution in [0.1, 0.15) is 33.6 Å². The van der Waals surface area contributed by atoms with Gasteiger partial charge in [0, 0.05) is 32.8 Å². The standard InChI is InChI=1S/C15H30N4O2.HI/c1-15(2,3)18-13(20)10-17-14(16-4)19(5)8-9-21-11-12-6-7-12;/h12H,6-11H2,1-5H3,(H,16,17)(H,18,20);1H. The molecule has 130 valence electrons. The maximum Gasteiger partial charge on any atom is 0.239 e. The van der Waals surface area contributed by atoms with Crippen LogP contribution in [-0.2, 0) is 9.53 Å². The molecular weight excluding hydrogens is 395 g/mol. The minimum atomic E-state index is -0.217. The third kappa shape index (κ3) is 10.2. The van der Waals surface area contributed by atoms with Crippen LogP contribution in [0.25, 0.3) is 0 Å². The van der Waals surface area contributed by atoms with Crippen LogP contribution in [0.4, 0.5) is 0 Å². The molecule has 0 saturated heterocycles. The molecule has 0 aromatic rings. The van der Waals surface area contributed by atoms with Crippen molar-refractivity contribution in [1.82, 2.24) is 15.5 Å². The van der Waals surface area contributed by atoms with Crippen LogP contribution in [0.5, 0.6) is 0 Å². The summed E-state index contributed by atoms with van der Waals surface area (Å²) in [6.07, 6.45) is 2.61. The van der Waals surface area contributed by atoms with Gasteiger partial charge >= 0.3 is 0 Å². The van der Waals surface area contributed by atoms with E-state index in [2.05, 4.69) is 15.6 Å². The van der Waals surface area contributed by atoms with E-state index in [1.165, 1.54) is 12.8 Å². The van der Waals surface area contributed by atoms with Crippen molar-refractivity contribution in [3.05, 3.63) is 0 Å². The summed E-state index contributed by atoms with van der Waals surface area (Å²) in [6.45, 7) is 8.41. The zero-order valence-electron chi connectivity index (χ0n) is 14.4. The molecule has 1 aliphatic carbocycles. The molecule has 1 saturated carbocycles. The first kappa shape index (κ1) is 21.4. The zero-order valence-corrected chi connectivity index (χ0v) is 16.8. The number of carbonyl (C=O) groups excluding carboxylic acids is 1. The third-order valence-electron chi connectivity index (χ3n) is 3.12. The second-order valence-electron chi connectivity index (χ2n) is 6.64. The number of hydrogen-bond acceptors (Lipinski definition) is 3. The highest BCUT2D eigenvalue weighted by atomic mass is 127. The van der Waals surface area contributed by atoms with Gasteiger partial charge in [0.2, 0.25) is 5.91 Å². The number of rotatable bonds is 7. The molecule has 7 heteroatoms. The summed E-state index contributed by atoms with van der Waals surface area (Å²) in [4.78, 5) is 17.9. The third-order valence-corrected chi connectivity index (χ3v) is 3.12. The molecule has 1 amide bonds. The van der Waals surface area contributed by atoms with Crippen LogP contribution in [-0.4, -0.2) is 62.7 Å². The number of amides is 1. The Morgan fingerprint density at radius 3 is 2.50 bits per heavy atom. The Labute approximate surface area is 151 Å². The second kappa shape index (κ2) is 10.3. The van der Waals surface area contributed by atoms with Crippen molar-refractivity contribution in [3.8, 4) is 0 Å². The Morgan fingerprint density at radius 1 is 1.36 bits per heavy atom. The van der Waals surface area contributed by atoms with Gasteiger partial charge in [0.05, 0.1) is 13.2 Å². The van der Waals surface area contributed by atoms with Crippen LogP contribution in [0.15, 0.2) is 4.99 Å². The number of nitrogens with zero attached hydrogens (tertiary/aromatic N) is 2. The molecule has 0 aliphatic heterocycles. The number of carbonyl (C=O) groups is 1. The Hall–Kier alpha value is -0.570. The molecule has 1 aliphatic rings.